The standard InChI is InChI=1S/C7H4N4/c1-5-4-10-6(8-2)7(9-3)11-5/h4H,1H3/i4D. The van der Waals surface area contributed by atoms with Crippen LogP contribution in [0.5, 0.6) is 0 Å². The lowest BCUT2D eigenvalue weighted by molar-refractivity contribution is 1.15. The lowest BCUT2D eigenvalue weighted by atomic mass is 10.5. The summed E-state index contributed by atoms with van der Waals surface area (Å²) in [6.07, 6.45) is -0.0478. The summed E-state index contributed by atoms with van der Waals surface area (Å²) in [7, 11) is 0. The second-order valence-electron chi connectivity index (χ2n) is 1.79. The molecule has 11 heavy (non-hydrogen) atoms. The third kappa shape index (κ3) is 1.31. The summed E-state index contributed by atoms with van der Waals surface area (Å²) in [4.78, 5) is 13.4. The van der Waals surface area contributed by atoms with Crippen LogP contribution in [0, 0.1) is 20.1 Å². The van der Waals surface area contributed by atoms with Crippen molar-refractivity contribution < 1.29 is 1.37 Å². The minimum absolute atomic E-state index is 0.0292. The maximum Gasteiger partial charge on any atom is 0.293 e. The molecule has 1 rings (SSSR count). The highest BCUT2D eigenvalue weighted by molar-refractivity contribution is 5.60. The van der Waals surface area contributed by atoms with E-state index >= 15 is 0 Å². The smallest absolute Gasteiger partial charge is 0.293 e. The summed E-state index contributed by atoms with van der Waals surface area (Å²) in [6.45, 7) is 14.9. The second kappa shape index (κ2) is 2.76. The van der Waals surface area contributed by atoms with Crippen molar-refractivity contribution in [3.63, 3.8) is 0 Å². The van der Waals surface area contributed by atoms with E-state index < -0.39 is 0 Å². The molecule has 0 atom stereocenters. The molecule has 1 aromatic rings. The fourth-order valence-electron chi connectivity index (χ4n) is 0.568. The van der Waals surface area contributed by atoms with Gasteiger partial charge in [0.1, 0.15) is 1.37 Å². The van der Waals surface area contributed by atoms with Crippen molar-refractivity contribution in [3.05, 3.63) is 34.7 Å². The van der Waals surface area contributed by atoms with Gasteiger partial charge in [0.05, 0.1) is 0 Å². The Kier molecular flexibility index (Phi) is 1.46. The average Bonchev–Trinajstić information content (AvgIpc) is 2.09. The van der Waals surface area contributed by atoms with Gasteiger partial charge in [0.25, 0.3) is 11.6 Å². The summed E-state index contributed by atoms with van der Waals surface area (Å²) in [6, 6.07) is 0. The number of rotatable bonds is 0. The van der Waals surface area contributed by atoms with Crippen molar-refractivity contribution in [2.45, 2.75) is 6.92 Å². The van der Waals surface area contributed by atoms with Gasteiger partial charge in [-0.3, -0.25) is 0 Å². The molecule has 0 saturated heterocycles. The molecule has 0 fully saturated rings. The molecule has 4 nitrogen and oxygen atoms in total. The Morgan fingerprint density at radius 1 is 1.45 bits per heavy atom. The molecule has 52 valence electrons. The van der Waals surface area contributed by atoms with E-state index in [1.54, 1.807) is 6.92 Å². The predicted octanol–water partition coefficient (Wildman–Crippen LogP) is 1.89. The molecule has 0 unspecified atom stereocenters. The lowest BCUT2D eigenvalue weighted by Gasteiger charge is -1.89. The Morgan fingerprint density at radius 2 is 2.09 bits per heavy atom. The first kappa shape index (κ1) is 5.82. The highest BCUT2D eigenvalue weighted by Gasteiger charge is 2.05. The maximum absolute atomic E-state index is 7.22. The van der Waals surface area contributed by atoms with Gasteiger partial charge in [-0.15, -0.1) is 9.97 Å². The van der Waals surface area contributed by atoms with Crippen molar-refractivity contribution in [3.8, 4) is 0 Å². The van der Waals surface area contributed by atoms with Crippen LogP contribution >= 0.6 is 0 Å². The Morgan fingerprint density at radius 3 is 2.64 bits per heavy atom. The van der Waals surface area contributed by atoms with E-state index in [0.717, 1.165) is 0 Å². The first-order valence-corrected chi connectivity index (χ1v) is 2.79. The van der Waals surface area contributed by atoms with Crippen molar-refractivity contribution in [2.75, 3.05) is 0 Å². The van der Waals surface area contributed by atoms with Crippen LogP contribution in [0.3, 0.4) is 0 Å². The fourth-order valence-corrected chi connectivity index (χ4v) is 0.568. The van der Waals surface area contributed by atoms with Gasteiger partial charge in [0.2, 0.25) is 0 Å². The number of hydrogen-bond acceptors (Lipinski definition) is 2. The molecule has 0 aromatic carbocycles. The van der Waals surface area contributed by atoms with Crippen LogP contribution in [-0.4, -0.2) is 9.97 Å². The van der Waals surface area contributed by atoms with E-state index in [9.17, 15) is 0 Å². The zero-order valence-corrected chi connectivity index (χ0v) is 5.79. The minimum atomic E-state index is -0.0967. The second-order valence-corrected chi connectivity index (χ2v) is 1.79. The van der Waals surface area contributed by atoms with Gasteiger partial charge in [-0.25, -0.2) is 0 Å². The summed E-state index contributed by atoms with van der Waals surface area (Å²) in [5, 5.41) is 0. The number of hydrogen-bond donors (Lipinski definition) is 0. The highest BCUT2D eigenvalue weighted by Crippen LogP contribution is 2.21. The van der Waals surface area contributed by atoms with Crippen molar-refractivity contribution in [1.82, 2.24) is 9.97 Å². The van der Waals surface area contributed by atoms with Crippen LogP contribution in [-0.2, 0) is 0 Å². The van der Waals surface area contributed by atoms with E-state index in [1.807, 2.05) is 0 Å². The topological polar surface area (TPSA) is 34.5 Å². The molecule has 0 bridgehead atoms. The highest BCUT2D eigenvalue weighted by atomic mass is 15.0. The summed E-state index contributed by atoms with van der Waals surface area (Å²) in [5.41, 5.74) is 0.369. The summed E-state index contributed by atoms with van der Waals surface area (Å²) >= 11 is 0. The van der Waals surface area contributed by atoms with Crippen LogP contribution in [0.1, 0.15) is 7.06 Å². The van der Waals surface area contributed by atoms with E-state index in [1.165, 1.54) is 0 Å². The molecule has 0 radical (unpaired) electrons. The van der Waals surface area contributed by atoms with E-state index in [2.05, 4.69) is 19.7 Å². The Hall–Kier alpha value is -1.94. The molecule has 0 aliphatic rings. The van der Waals surface area contributed by atoms with Crippen molar-refractivity contribution in [1.29, 1.82) is 0 Å². The largest absolute Gasteiger partial charge is 0.370 e. The van der Waals surface area contributed by atoms with Crippen molar-refractivity contribution in [2.24, 2.45) is 0 Å². The molecule has 0 saturated carbocycles. The third-order valence-electron chi connectivity index (χ3n) is 1.01. The Labute approximate surface area is 65.6 Å². The first-order chi connectivity index (χ1) is 5.69. The molecule has 1 aromatic heterocycles. The van der Waals surface area contributed by atoms with Gasteiger partial charge in [0.15, 0.2) is 11.9 Å². The Bertz CT molecular complexity index is 360. The number of aromatic nitrogens is 2. The van der Waals surface area contributed by atoms with Crippen molar-refractivity contribution >= 4 is 11.6 Å². The molecule has 0 spiro atoms. The number of nitrogens with zero attached hydrogens (tertiary/aromatic N) is 4. The van der Waals surface area contributed by atoms with Crippen LogP contribution in [0.15, 0.2) is 6.17 Å². The van der Waals surface area contributed by atoms with Gasteiger partial charge >= 0.3 is 0 Å². The van der Waals surface area contributed by atoms with Gasteiger partial charge in [0, 0.05) is 6.92 Å². The van der Waals surface area contributed by atoms with Crippen LogP contribution < -0.4 is 0 Å². The zero-order chi connectivity index (χ0) is 9.14. The van der Waals surface area contributed by atoms with Crippen LogP contribution in [0.4, 0.5) is 11.6 Å². The monoisotopic (exact) mass is 145 g/mol. The SMILES string of the molecule is [2H]c1nc([N+]#[C-])c([N+]#[C-])nc1C. The molecule has 0 aliphatic carbocycles. The normalized spacial score (nSPS) is 9.55. The van der Waals surface area contributed by atoms with Crippen LogP contribution in [0.25, 0.3) is 9.69 Å². The molecular formula is C7H4N4. The molecule has 0 N–H and O–H groups in total. The van der Waals surface area contributed by atoms with E-state index in [-0.39, 0.29) is 17.8 Å². The van der Waals surface area contributed by atoms with E-state index in [4.69, 9.17) is 14.5 Å². The quantitative estimate of drug-likeness (QED) is 0.522. The van der Waals surface area contributed by atoms with Gasteiger partial charge in [-0.05, 0) is 0 Å². The third-order valence-corrected chi connectivity index (χ3v) is 1.01. The maximum atomic E-state index is 7.22. The van der Waals surface area contributed by atoms with Gasteiger partial charge in [-0.2, -0.15) is 0 Å². The zero-order valence-electron chi connectivity index (χ0n) is 6.79. The number of aryl methyl sites for hydroxylation is 1. The molecule has 4 heteroatoms. The molecule has 0 amide bonds. The first-order valence-electron chi connectivity index (χ1n) is 3.29. The van der Waals surface area contributed by atoms with E-state index in [0.29, 0.717) is 5.69 Å². The molecular weight excluding hydrogens is 140 g/mol. The average molecular weight is 145 g/mol. The molecule has 1 heterocycles. The lowest BCUT2D eigenvalue weighted by Crippen LogP contribution is -1.82. The Balaban J connectivity index is 3.44. The molecule has 0 aliphatic heterocycles. The van der Waals surface area contributed by atoms with Gasteiger partial charge < -0.3 is 9.69 Å². The van der Waals surface area contributed by atoms with Crippen LogP contribution in [0.2, 0.25) is 0 Å². The minimum Gasteiger partial charge on any atom is -0.370 e. The summed E-state index contributed by atoms with van der Waals surface area (Å²) in [5.74, 6) is -0.126. The van der Waals surface area contributed by atoms with Gasteiger partial charge in [-0.1, -0.05) is 13.1 Å². The fraction of sp³-hybridized carbons (Fsp3) is 0.143. The summed E-state index contributed by atoms with van der Waals surface area (Å²) < 4.78 is 7.22. The predicted molar refractivity (Wildman–Crippen MR) is 39.3 cm³/mol.